The molecule has 0 bridgehead atoms. The number of hydrogen-bond donors (Lipinski definition) is 0. The monoisotopic (exact) mass is 286 g/mol. The Morgan fingerprint density at radius 1 is 1.29 bits per heavy atom. The molecule has 1 atom stereocenters. The molecule has 0 aliphatic carbocycles. The molecule has 0 saturated heterocycles. The summed E-state index contributed by atoms with van der Waals surface area (Å²) in [4.78, 5) is 12.1. The van der Waals surface area contributed by atoms with Gasteiger partial charge in [0, 0.05) is 5.69 Å². The molecule has 0 saturated carbocycles. The molecule has 112 valence electrons. The minimum atomic E-state index is -0.334. The fourth-order valence-corrected chi connectivity index (χ4v) is 2.74. The van der Waals surface area contributed by atoms with Crippen LogP contribution in [0.5, 0.6) is 0 Å². The number of nitrogens with zero attached hydrogens (tertiary/aromatic N) is 2. The Morgan fingerprint density at radius 2 is 1.95 bits per heavy atom. The van der Waals surface area contributed by atoms with E-state index in [9.17, 15) is 4.79 Å². The van der Waals surface area contributed by atoms with Gasteiger partial charge in [-0.05, 0) is 31.4 Å². The molecule has 1 aromatic carbocycles. The Hall–Kier alpha value is -2.10. The van der Waals surface area contributed by atoms with Crippen LogP contribution in [0.25, 0.3) is 0 Å². The highest BCUT2D eigenvalue weighted by Crippen LogP contribution is 2.22. The Kier molecular flexibility index (Phi) is 4.78. The van der Waals surface area contributed by atoms with Gasteiger partial charge in [0.25, 0.3) is 0 Å². The molecule has 0 N–H and O–H groups in total. The van der Waals surface area contributed by atoms with Gasteiger partial charge in [0.05, 0.1) is 19.3 Å². The van der Waals surface area contributed by atoms with E-state index in [0.29, 0.717) is 6.54 Å². The van der Waals surface area contributed by atoms with Gasteiger partial charge < -0.3 is 4.74 Å². The van der Waals surface area contributed by atoms with Crippen molar-refractivity contribution in [3.63, 3.8) is 0 Å². The Bertz CT molecular complexity index is 617. The molecule has 2 rings (SSSR count). The third-order valence-corrected chi connectivity index (χ3v) is 3.93. The van der Waals surface area contributed by atoms with Crippen LogP contribution in [0.3, 0.4) is 0 Å². The normalized spacial score (nSPS) is 12.2. The van der Waals surface area contributed by atoms with Gasteiger partial charge in [0.1, 0.15) is 5.92 Å². The highest BCUT2D eigenvalue weighted by molar-refractivity contribution is 5.77. The first-order chi connectivity index (χ1) is 10.1. The zero-order chi connectivity index (χ0) is 15.4. The molecule has 0 aliphatic rings. The SMILES string of the molecule is CCc1c(C)nn(CC(C(=O)OC)c2ccccc2)c1C. The van der Waals surface area contributed by atoms with Crippen LogP contribution in [0.2, 0.25) is 0 Å². The van der Waals surface area contributed by atoms with E-state index >= 15 is 0 Å². The predicted molar refractivity (Wildman–Crippen MR) is 82.3 cm³/mol. The quantitative estimate of drug-likeness (QED) is 0.794. The molecule has 0 radical (unpaired) electrons. The smallest absolute Gasteiger partial charge is 0.315 e. The molecule has 0 amide bonds. The van der Waals surface area contributed by atoms with Crippen LogP contribution in [0, 0.1) is 13.8 Å². The van der Waals surface area contributed by atoms with Crippen molar-refractivity contribution in [1.82, 2.24) is 9.78 Å². The van der Waals surface area contributed by atoms with E-state index in [-0.39, 0.29) is 11.9 Å². The molecule has 1 unspecified atom stereocenters. The van der Waals surface area contributed by atoms with E-state index in [1.54, 1.807) is 0 Å². The zero-order valence-corrected chi connectivity index (χ0v) is 13.1. The molecule has 1 heterocycles. The molecule has 2 aromatic rings. The average Bonchev–Trinajstić information content (AvgIpc) is 2.78. The second kappa shape index (κ2) is 6.57. The molecular formula is C17H22N2O2. The summed E-state index contributed by atoms with van der Waals surface area (Å²) in [7, 11) is 1.43. The number of aromatic nitrogens is 2. The summed E-state index contributed by atoms with van der Waals surface area (Å²) >= 11 is 0. The Balaban J connectivity index is 2.34. The second-order valence-corrected chi connectivity index (χ2v) is 5.17. The number of rotatable bonds is 5. The lowest BCUT2D eigenvalue weighted by molar-refractivity contribution is -0.142. The van der Waals surface area contributed by atoms with Crippen LogP contribution in [-0.2, 0) is 22.5 Å². The van der Waals surface area contributed by atoms with Crippen LogP contribution in [0.4, 0.5) is 0 Å². The first kappa shape index (κ1) is 15.3. The summed E-state index contributed by atoms with van der Waals surface area (Å²) in [6, 6.07) is 9.71. The van der Waals surface area contributed by atoms with Crippen LogP contribution in [0.15, 0.2) is 30.3 Å². The molecule has 1 aromatic heterocycles. The number of carbonyl (C=O) groups is 1. The maximum atomic E-state index is 12.1. The largest absolute Gasteiger partial charge is 0.468 e. The molecule has 21 heavy (non-hydrogen) atoms. The van der Waals surface area contributed by atoms with Crippen molar-refractivity contribution in [3.05, 3.63) is 52.8 Å². The fraction of sp³-hybridized carbons (Fsp3) is 0.412. The number of methoxy groups -OCH3 is 1. The summed E-state index contributed by atoms with van der Waals surface area (Å²) in [5.41, 5.74) is 4.37. The lowest BCUT2D eigenvalue weighted by Crippen LogP contribution is -2.21. The lowest BCUT2D eigenvalue weighted by atomic mass is 9.99. The molecule has 0 spiro atoms. The number of benzene rings is 1. The predicted octanol–water partition coefficient (Wildman–Crippen LogP) is 3.02. The first-order valence-electron chi connectivity index (χ1n) is 7.24. The van der Waals surface area contributed by atoms with Crippen molar-refractivity contribution >= 4 is 5.97 Å². The third kappa shape index (κ3) is 3.15. The van der Waals surface area contributed by atoms with Crippen molar-refractivity contribution in [3.8, 4) is 0 Å². The van der Waals surface area contributed by atoms with E-state index in [1.807, 2.05) is 41.9 Å². The summed E-state index contributed by atoms with van der Waals surface area (Å²) < 4.78 is 6.88. The summed E-state index contributed by atoms with van der Waals surface area (Å²) in [6.45, 7) is 6.69. The van der Waals surface area contributed by atoms with Crippen molar-refractivity contribution in [2.24, 2.45) is 0 Å². The van der Waals surface area contributed by atoms with Crippen LogP contribution >= 0.6 is 0 Å². The first-order valence-corrected chi connectivity index (χ1v) is 7.24. The minimum absolute atomic E-state index is 0.230. The summed E-state index contributed by atoms with van der Waals surface area (Å²) in [5, 5.41) is 4.57. The number of ether oxygens (including phenoxy) is 1. The van der Waals surface area contributed by atoms with Gasteiger partial charge in [-0.3, -0.25) is 9.48 Å². The van der Waals surface area contributed by atoms with E-state index in [1.165, 1.54) is 12.7 Å². The van der Waals surface area contributed by atoms with E-state index < -0.39 is 0 Å². The topological polar surface area (TPSA) is 44.1 Å². The van der Waals surface area contributed by atoms with Gasteiger partial charge in [0.15, 0.2) is 0 Å². The standard InChI is InChI=1S/C17H22N2O2/c1-5-15-12(2)18-19(13(15)3)11-16(17(20)21-4)14-9-7-6-8-10-14/h6-10,16H,5,11H2,1-4H3. The van der Waals surface area contributed by atoms with Gasteiger partial charge in [-0.25, -0.2) is 0 Å². The maximum Gasteiger partial charge on any atom is 0.315 e. The second-order valence-electron chi connectivity index (χ2n) is 5.17. The number of hydrogen-bond acceptors (Lipinski definition) is 3. The molecular weight excluding hydrogens is 264 g/mol. The van der Waals surface area contributed by atoms with Crippen molar-refractivity contribution in [2.45, 2.75) is 39.7 Å². The highest BCUT2D eigenvalue weighted by atomic mass is 16.5. The zero-order valence-electron chi connectivity index (χ0n) is 13.1. The highest BCUT2D eigenvalue weighted by Gasteiger charge is 2.23. The molecule has 0 aliphatic heterocycles. The lowest BCUT2D eigenvalue weighted by Gasteiger charge is -2.16. The van der Waals surface area contributed by atoms with Gasteiger partial charge in [0.2, 0.25) is 0 Å². The number of carbonyl (C=O) groups excluding carboxylic acids is 1. The number of esters is 1. The van der Waals surface area contributed by atoms with Crippen LogP contribution < -0.4 is 0 Å². The van der Waals surface area contributed by atoms with Gasteiger partial charge in [-0.1, -0.05) is 37.3 Å². The van der Waals surface area contributed by atoms with Gasteiger partial charge in [-0.2, -0.15) is 5.10 Å². The molecule has 0 fully saturated rings. The molecule has 4 nitrogen and oxygen atoms in total. The van der Waals surface area contributed by atoms with E-state index in [2.05, 4.69) is 18.9 Å². The fourth-order valence-electron chi connectivity index (χ4n) is 2.74. The average molecular weight is 286 g/mol. The van der Waals surface area contributed by atoms with E-state index in [4.69, 9.17) is 4.74 Å². The molecule has 4 heteroatoms. The van der Waals surface area contributed by atoms with E-state index in [0.717, 1.165) is 23.4 Å². The number of aryl methyl sites for hydroxylation is 1. The van der Waals surface area contributed by atoms with Crippen molar-refractivity contribution in [1.29, 1.82) is 0 Å². The van der Waals surface area contributed by atoms with Crippen LogP contribution in [-0.4, -0.2) is 22.9 Å². The third-order valence-electron chi connectivity index (χ3n) is 3.93. The van der Waals surface area contributed by atoms with Gasteiger partial charge in [-0.15, -0.1) is 0 Å². The van der Waals surface area contributed by atoms with Crippen molar-refractivity contribution < 1.29 is 9.53 Å². The minimum Gasteiger partial charge on any atom is -0.468 e. The Labute approximate surface area is 125 Å². The summed E-state index contributed by atoms with van der Waals surface area (Å²) in [5.74, 6) is -0.564. The van der Waals surface area contributed by atoms with Crippen molar-refractivity contribution in [2.75, 3.05) is 7.11 Å². The van der Waals surface area contributed by atoms with Gasteiger partial charge >= 0.3 is 5.97 Å². The Morgan fingerprint density at radius 3 is 2.48 bits per heavy atom. The maximum absolute atomic E-state index is 12.1. The summed E-state index contributed by atoms with van der Waals surface area (Å²) in [6.07, 6.45) is 0.950. The van der Waals surface area contributed by atoms with Crippen LogP contribution in [0.1, 0.15) is 35.4 Å².